The van der Waals surface area contributed by atoms with E-state index in [1.54, 1.807) is 30.3 Å². The van der Waals surface area contributed by atoms with Gasteiger partial charge in [-0.3, -0.25) is 0 Å². The minimum absolute atomic E-state index is 0.0937. The number of benzene rings is 3. The van der Waals surface area contributed by atoms with Gasteiger partial charge >= 0.3 is 17.9 Å². The molecule has 1 unspecified atom stereocenters. The van der Waals surface area contributed by atoms with Crippen LogP contribution in [-0.2, 0) is 19.1 Å². The number of unbranched alkanes of at least 4 members (excludes halogenated alkanes) is 1. The molecule has 1 atom stereocenters. The van der Waals surface area contributed by atoms with Crippen LogP contribution in [0.25, 0.3) is 11.1 Å². The Morgan fingerprint density at radius 2 is 1.17 bits per heavy atom. The molecule has 8 nitrogen and oxygen atoms in total. The molecule has 0 amide bonds. The van der Waals surface area contributed by atoms with Crippen molar-refractivity contribution in [3.05, 3.63) is 103 Å². The van der Waals surface area contributed by atoms with Crippen LogP contribution in [0, 0.1) is 0 Å². The summed E-state index contributed by atoms with van der Waals surface area (Å²) in [5.41, 5.74) is 4.84. The number of hydrogen-bond donors (Lipinski definition) is 0. The summed E-state index contributed by atoms with van der Waals surface area (Å²) in [5.74, 6) is 0.620. The van der Waals surface area contributed by atoms with Crippen molar-refractivity contribution in [1.82, 2.24) is 0 Å². The maximum absolute atomic E-state index is 12.8. The topological polar surface area (TPSA) is 97.4 Å². The van der Waals surface area contributed by atoms with Gasteiger partial charge in [0.2, 0.25) is 0 Å². The molecule has 4 rings (SSSR count). The molecule has 3 aromatic rings. The average molecular weight is 571 g/mol. The fourth-order valence-electron chi connectivity index (χ4n) is 4.57. The first-order chi connectivity index (χ1) is 20.4. The van der Waals surface area contributed by atoms with Gasteiger partial charge in [0.1, 0.15) is 17.2 Å². The molecule has 0 aliphatic heterocycles. The highest BCUT2D eigenvalue weighted by Gasteiger charge is 2.27. The summed E-state index contributed by atoms with van der Waals surface area (Å²) in [6.45, 7) is 10.3. The number of fused-ring (bicyclic) bond motifs is 3. The van der Waals surface area contributed by atoms with Crippen LogP contribution in [-0.4, -0.2) is 44.3 Å². The fourth-order valence-corrected chi connectivity index (χ4v) is 4.57. The minimum Gasteiger partial charge on any atom is -0.494 e. The summed E-state index contributed by atoms with van der Waals surface area (Å²) in [6, 6.07) is 18.5. The third kappa shape index (κ3) is 7.87. The molecule has 42 heavy (non-hydrogen) atoms. The second-order valence-electron chi connectivity index (χ2n) is 9.63. The van der Waals surface area contributed by atoms with E-state index in [0.29, 0.717) is 49.7 Å². The number of carbonyl (C=O) groups excluding carboxylic acids is 3. The molecular weight excluding hydrogens is 536 g/mol. The maximum atomic E-state index is 12.8. The zero-order valence-electron chi connectivity index (χ0n) is 23.6. The third-order valence-electron chi connectivity index (χ3n) is 6.76. The van der Waals surface area contributed by atoms with Gasteiger partial charge in [0.05, 0.1) is 32.0 Å². The Hall–Kier alpha value is -4.85. The first-order valence-corrected chi connectivity index (χ1v) is 13.8. The van der Waals surface area contributed by atoms with Gasteiger partial charge in [-0.1, -0.05) is 32.2 Å². The van der Waals surface area contributed by atoms with Crippen molar-refractivity contribution in [3.8, 4) is 28.4 Å². The Kier molecular flexibility index (Phi) is 10.5. The van der Waals surface area contributed by atoms with E-state index in [-0.39, 0.29) is 12.5 Å². The Balaban J connectivity index is 1.28. The largest absolute Gasteiger partial charge is 0.494 e. The van der Waals surface area contributed by atoms with E-state index >= 15 is 0 Å². The molecule has 218 valence electrons. The van der Waals surface area contributed by atoms with Crippen molar-refractivity contribution in [2.45, 2.75) is 32.1 Å². The van der Waals surface area contributed by atoms with Gasteiger partial charge < -0.3 is 23.7 Å². The van der Waals surface area contributed by atoms with Crippen molar-refractivity contribution in [1.29, 1.82) is 0 Å². The normalized spacial score (nSPS) is 12.8. The summed E-state index contributed by atoms with van der Waals surface area (Å²) >= 11 is 0. The highest BCUT2D eigenvalue weighted by Crippen LogP contribution is 2.47. The molecule has 0 saturated heterocycles. The lowest BCUT2D eigenvalue weighted by molar-refractivity contribution is -0.138. The fraction of sp³-hybridized carbons (Fsp3) is 0.265. The first-order valence-electron chi connectivity index (χ1n) is 13.8. The molecule has 0 spiro atoms. The van der Waals surface area contributed by atoms with Crippen molar-refractivity contribution in [3.63, 3.8) is 0 Å². The van der Waals surface area contributed by atoms with Gasteiger partial charge in [0, 0.05) is 24.5 Å². The summed E-state index contributed by atoms with van der Waals surface area (Å²) in [6.07, 6.45) is 4.25. The van der Waals surface area contributed by atoms with E-state index < -0.39 is 17.9 Å². The highest BCUT2D eigenvalue weighted by molar-refractivity contribution is 5.91. The van der Waals surface area contributed by atoms with Crippen molar-refractivity contribution in [2.75, 3.05) is 26.4 Å². The standard InChI is InChI=1S/C34H34O8/c1-4-32(35)40-18-7-6-17-38-25-11-9-24(10-12-25)34(37)42-27-14-16-29-28-15-13-26(21-30(28)23(3)31(29)22-27)39-19-8-20-41-33(36)5-2/h4-5,9-16,21-23H,1-2,6-8,17-20H2,3H3. The Bertz CT molecular complexity index is 1440. The van der Waals surface area contributed by atoms with Gasteiger partial charge in [-0.05, 0) is 83.6 Å². The summed E-state index contributed by atoms with van der Waals surface area (Å²) < 4.78 is 27.2. The van der Waals surface area contributed by atoms with Crippen molar-refractivity contribution in [2.24, 2.45) is 0 Å². The second-order valence-corrected chi connectivity index (χ2v) is 9.63. The van der Waals surface area contributed by atoms with Crippen LogP contribution in [0.5, 0.6) is 17.2 Å². The summed E-state index contributed by atoms with van der Waals surface area (Å²) in [4.78, 5) is 35.0. The Labute approximate surface area is 245 Å². The molecule has 0 bridgehead atoms. The van der Waals surface area contributed by atoms with Gasteiger partial charge in [0.15, 0.2) is 0 Å². The zero-order chi connectivity index (χ0) is 29.9. The van der Waals surface area contributed by atoms with Gasteiger partial charge in [-0.2, -0.15) is 0 Å². The predicted octanol–water partition coefficient (Wildman–Crippen LogP) is 6.42. The monoisotopic (exact) mass is 570 g/mol. The SMILES string of the molecule is C=CC(=O)OCCCCOc1ccc(C(=O)Oc2ccc3c(c2)C(C)c2cc(OCCCOC(=O)C=C)ccc2-3)cc1. The quantitative estimate of drug-likeness (QED) is 0.0893. The second kappa shape index (κ2) is 14.7. The molecule has 0 heterocycles. The first kappa shape index (κ1) is 30.1. The number of hydrogen-bond acceptors (Lipinski definition) is 8. The van der Waals surface area contributed by atoms with Crippen LogP contribution in [0.1, 0.15) is 53.6 Å². The molecule has 1 aliphatic carbocycles. The van der Waals surface area contributed by atoms with E-state index in [1.165, 1.54) is 0 Å². The summed E-state index contributed by atoms with van der Waals surface area (Å²) in [5, 5.41) is 0. The molecule has 3 aromatic carbocycles. The lowest BCUT2D eigenvalue weighted by atomic mass is 9.99. The molecule has 1 aliphatic rings. The van der Waals surface area contributed by atoms with Crippen LogP contribution < -0.4 is 14.2 Å². The zero-order valence-corrected chi connectivity index (χ0v) is 23.6. The van der Waals surface area contributed by atoms with Crippen molar-refractivity contribution < 1.29 is 38.1 Å². The molecule has 0 fully saturated rings. The summed E-state index contributed by atoms with van der Waals surface area (Å²) in [7, 11) is 0. The van der Waals surface area contributed by atoms with Crippen LogP contribution in [0.4, 0.5) is 0 Å². The lowest BCUT2D eigenvalue weighted by Crippen LogP contribution is -2.09. The van der Waals surface area contributed by atoms with Gasteiger partial charge in [0.25, 0.3) is 0 Å². The molecule has 0 N–H and O–H groups in total. The van der Waals surface area contributed by atoms with Crippen LogP contribution in [0.15, 0.2) is 86.0 Å². The number of carbonyl (C=O) groups is 3. The van der Waals surface area contributed by atoms with Crippen LogP contribution in [0.2, 0.25) is 0 Å². The van der Waals surface area contributed by atoms with E-state index in [9.17, 15) is 14.4 Å². The van der Waals surface area contributed by atoms with E-state index in [1.807, 2.05) is 30.3 Å². The number of rotatable bonds is 15. The van der Waals surface area contributed by atoms with Crippen LogP contribution in [0.3, 0.4) is 0 Å². The maximum Gasteiger partial charge on any atom is 0.343 e. The van der Waals surface area contributed by atoms with Crippen molar-refractivity contribution >= 4 is 17.9 Å². The molecule has 0 saturated carbocycles. The predicted molar refractivity (Wildman–Crippen MR) is 158 cm³/mol. The minimum atomic E-state index is -0.455. The molecular formula is C34H34O8. The molecule has 0 radical (unpaired) electrons. The average Bonchev–Trinajstić information content (AvgIpc) is 3.28. The van der Waals surface area contributed by atoms with E-state index in [2.05, 4.69) is 20.1 Å². The van der Waals surface area contributed by atoms with Gasteiger partial charge in [-0.15, -0.1) is 0 Å². The van der Waals surface area contributed by atoms with Gasteiger partial charge in [-0.25, -0.2) is 14.4 Å². The Morgan fingerprint density at radius 1 is 0.667 bits per heavy atom. The Morgan fingerprint density at radius 3 is 1.81 bits per heavy atom. The highest BCUT2D eigenvalue weighted by atomic mass is 16.5. The smallest absolute Gasteiger partial charge is 0.343 e. The van der Waals surface area contributed by atoms with E-state index in [4.69, 9.17) is 23.7 Å². The van der Waals surface area contributed by atoms with E-state index in [0.717, 1.165) is 46.6 Å². The lowest BCUT2D eigenvalue weighted by Gasteiger charge is -2.11. The number of esters is 3. The number of ether oxygens (including phenoxy) is 5. The third-order valence-corrected chi connectivity index (χ3v) is 6.76. The van der Waals surface area contributed by atoms with Crippen LogP contribution >= 0.6 is 0 Å². The molecule has 8 heteroatoms. The molecule has 0 aromatic heterocycles.